The Labute approximate surface area is 87.2 Å². The van der Waals surface area contributed by atoms with Crippen molar-refractivity contribution in [2.24, 2.45) is 11.7 Å². The molecule has 0 spiro atoms. The molecule has 2 rings (SSSR count). The van der Waals surface area contributed by atoms with E-state index in [0.717, 1.165) is 32.0 Å². The molecule has 1 unspecified atom stereocenters. The van der Waals surface area contributed by atoms with E-state index in [4.69, 9.17) is 10.5 Å². The fraction of sp³-hybridized carbons (Fsp3) is 1.00. The van der Waals surface area contributed by atoms with Crippen molar-refractivity contribution in [3.05, 3.63) is 0 Å². The standard InChI is InChI=1S/C12H23NO/c13-12(7-4-9-14-10-8-12)11-5-2-1-3-6-11/h11H,1-10,13H2. The van der Waals surface area contributed by atoms with Gasteiger partial charge in [0.2, 0.25) is 0 Å². The largest absolute Gasteiger partial charge is 0.381 e. The Kier molecular flexibility index (Phi) is 3.45. The van der Waals surface area contributed by atoms with Crippen LogP contribution in [-0.2, 0) is 4.74 Å². The molecule has 1 aliphatic carbocycles. The second-order valence-corrected chi connectivity index (χ2v) is 5.03. The van der Waals surface area contributed by atoms with Gasteiger partial charge < -0.3 is 10.5 Å². The molecule has 0 amide bonds. The maximum absolute atomic E-state index is 6.55. The Morgan fingerprint density at radius 2 is 1.71 bits per heavy atom. The van der Waals surface area contributed by atoms with E-state index in [-0.39, 0.29) is 5.54 Å². The van der Waals surface area contributed by atoms with Crippen LogP contribution in [0.15, 0.2) is 0 Å². The molecule has 1 atom stereocenters. The van der Waals surface area contributed by atoms with Crippen molar-refractivity contribution in [2.45, 2.75) is 56.9 Å². The second-order valence-electron chi connectivity index (χ2n) is 5.03. The molecule has 0 aromatic heterocycles. The van der Waals surface area contributed by atoms with Crippen molar-refractivity contribution in [3.63, 3.8) is 0 Å². The normalized spacial score (nSPS) is 36.6. The summed E-state index contributed by atoms with van der Waals surface area (Å²) in [7, 11) is 0. The maximum atomic E-state index is 6.55. The van der Waals surface area contributed by atoms with Crippen molar-refractivity contribution in [3.8, 4) is 0 Å². The minimum absolute atomic E-state index is 0.108. The van der Waals surface area contributed by atoms with Gasteiger partial charge in [-0.05, 0) is 38.0 Å². The van der Waals surface area contributed by atoms with Crippen LogP contribution in [0.2, 0.25) is 0 Å². The van der Waals surface area contributed by atoms with Crippen LogP contribution < -0.4 is 5.73 Å². The highest BCUT2D eigenvalue weighted by Gasteiger charge is 2.35. The van der Waals surface area contributed by atoms with Gasteiger partial charge in [-0.1, -0.05) is 19.3 Å². The minimum atomic E-state index is 0.108. The molecule has 0 radical (unpaired) electrons. The third-order valence-electron chi connectivity index (χ3n) is 4.06. The molecule has 1 aliphatic heterocycles. The highest BCUT2D eigenvalue weighted by Crippen LogP contribution is 2.36. The van der Waals surface area contributed by atoms with Gasteiger partial charge in [-0.2, -0.15) is 0 Å². The van der Waals surface area contributed by atoms with E-state index in [2.05, 4.69) is 0 Å². The quantitative estimate of drug-likeness (QED) is 0.701. The number of rotatable bonds is 1. The summed E-state index contributed by atoms with van der Waals surface area (Å²) in [5, 5.41) is 0. The van der Waals surface area contributed by atoms with Crippen molar-refractivity contribution in [1.82, 2.24) is 0 Å². The zero-order valence-corrected chi connectivity index (χ0v) is 9.13. The van der Waals surface area contributed by atoms with Crippen molar-refractivity contribution >= 4 is 0 Å². The third-order valence-corrected chi connectivity index (χ3v) is 4.06. The molecule has 2 aliphatic rings. The first-order valence-electron chi connectivity index (χ1n) is 6.18. The van der Waals surface area contributed by atoms with Gasteiger partial charge in [0.25, 0.3) is 0 Å². The molecule has 1 saturated heterocycles. The number of hydrogen-bond acceptors (Lipinski definition) is 2. The van der Waals surface area contributed by atoms with Crippen LogP contribution in [0, 0.1) is 5.92 Å². The first-order chi connectivity index (χ1) is 6.81. The third kappa shape index (κ3) is 2.29. The van der Waals surface area contributed by atoms with E-state index in [1.165, 1.54) is 38.5 Å². The Morgan fingerprint density at radius 3 is 2.50 bits per heavy atom. The Bertz CT molecular complexity index is 167. The SMILES string of the molecule is NC1(C2CCCCC2)CCCOCC1. The van der Waals surface area contributed by atoms with E-state index < -0.39 is 0 Å². The van der Waals surface area contributed by atoms with Gasteiger partial charge in [-0.15, -0.1) is 0 Å². The summed E-state index contributed by atoms with van der Waals surface area (Å²) in [5.74, 6) is 0.776. The zero-order chi connectivity index (χ0) is 9.86. The molecular weight excluding hydrogens is 174 g/mol. The van der Waals surface area contributed by atoms with Crippen molar-refractivity contribution < 1.29 is 4.74 Å². The van der Waals surface area contributed by atoms with E-state index in [1.807, 2.05) is 0 Å². The molecule has 0 aromatic rings. The van der Waals surface area contributed by atoms with Crippen molar-refractivity contribution in [2.75, 3.05) is 13.2 Å². The Morgan fingerprint density at radius 1 is 0.929 bits per heavy atom. The van der Waals surface area contributed by atoms with E-state index in [9.17, 15) is 0 Å². The number of hydrogen-bond donors (Lipinski definition) is 1. The lowest BCUT2D eigenvalue weighted by Gasteiger charge is -2.39. The number of ether oxygens (including phenoxy) is 1. The van der Waals surface area contributed by atoms with Crippen LogP contribution in [0.1, 0.15) is 51.4 Å². The Hall–Kier alpha value is -0.0800. The summed E-state index contributed by atoms with van der Waals surface area (Å²) in [6, 6.07) is 0. The molecule has 14 heavy (non-hydrogen) atoms. The van der Waals surface area contributed by atoms with Crippen LogP contribution in [0.25, 0.3) is 0 Å². The predicted octanol–water partition coefficient (Wildman–Crippen LogP) is 2.46. The van der Waals surface area contributed by atoms with E-state index >= 15 is 0 Å². The second kappa shape index (κ2) is 4.63. The molecule has 1 saturated carbocycles. The molecule has 2 heteroatoms. The zero-order valence-electron chi connectivity index (χ0n) is 9.13. The van der Waals surface area contributed by atoms with E-state index in [1.54, 1.807) is 0 Å². The first kappa shape index (κ1) is 10.4. The van der Waals surface area contributed by atoms with E-state index in [0.29, 0.717) is 0 Å². The monoisotopic (exact) mass is 197 g/mol. The highest BCUT2D eigenvalue weighted by atomic mass is 16.5. The smallest absolute Gasteiger partial charge is 0.0483 e. The summed E-state index contributed by atoms with van der Waals surface area (Å²) in [6.45, 7) is 1.80. The van der Waals surface area contributed by atoms with Crippen LogP contribution >= 0.6 is 0 Å². The maximum Gasteiger partial charge on any atom is 0.0483 e. The van der Waals surface area contributed by atoms with Crippen molar-refractivity contribution in [1.29, 1.82) is 0 Å². The molecule has 2 fully saturated rings. The lowest BCUT2D eigenvalue weighted by atomic mass is 9.71. The molecule has 0 aromatic carbocycles. The van der Waals surface area contributed by atoms with Crippen LogP contribution in [0.4, 0.5) is 0 Å². The summed E-state index contributed by atoms with van der Waals surface area (Å²) in [5.41, 5.74) is 6.66. The lowest BCUT2D eigenvalue weighted by molar-refractivity contribution is 0.126. The van der Waals surface area contributed by atoms with Gasteiger partial charge in [0.15, 0.2) is 0 Å². The summed E-state index contributed by atoms with van der Waals surface area (Å²) < 4.78 is 5.50. The highest BCUT2D eigenvalue weighted by molar-refractivity contribution is 4.93. The summed E-state index contributed by atoms with van der Waals surface area (Å²) >= 11 is 0. The summed E-state index contributed by atoms with van der Waals surface area (Å²) in [4.78, 5) is 0. The molecular formula is C12H23NO. The average molecular weight is 197 g/mol. The Balaban J connectivity index is 1.96. The fourth-order valence-corrected chi connectivity index (χ4v) is 3.08. The summed E-state index contributed by atoms with van der Waals surface area (Å²) in [6.07, 6.45) is 10.3. The fourth-order valence-electron chi connectivity index (χ4n) is 3.08. The average Bonchev–Trinajstić information content (AvgIpc) is 2.46. The van der Waals surface area contributed by atoms with Crippen LogP contribution in [0.5, 0.6) is 0 Å². The van der Waals surface area contributed by atoms with Crippen LogP contribution in [-0.4, -0.2) is 18.8 Å². The topological polar surface area (TPSA) is 35.2 Å². The van der Waals surface area contributed by atoms with Gasteiger partial charge in [-0.25, -0.2) is 0 Å². The molecule has 2 N–H and O–H groups in total. The molecule has 1 heterocycles. The molecule has 2 nitrogen and oxygen atoms in total. The van der Waals surface area contributed by atoms with Gasteiger partial charge >= 0.3 is 0 Å². The van der Waals surface area contributed by atoms with Gasteiger partial charge in [0, 0.05) is 18.8 Å². The minimum Gasteiger partial charge on any atom is -0.381 e. The van der Waals surface area contributed by atoms with Gasteiger partial charge in [0.05, 0.1) is 0 Å². The predicted molar refractivity (Wildman–Crippen MR) is 58.2 cm³/mol. The lowest BCUT2D eigenvalue weighted by Crippen LogP contribution is -2.48. The van der Waals surface area contributed by atoms with Gasteiger partial charge in [-0.3, -0.25) is 0 Å². The molecule has 0 bridgehead atoms. The number of nitrogens with two attached hydrogens (primary N) is 1. The van der Waals surface area contributed by atoms with Gasteiger partial charge in [0.1, 0.15) is 0 Å². The van der Waals surface area contributed by atoms with Crippen LogP contribution in [0.3, 0.4) is 0 Å². The first-order valence-corrected chi connectivity index (χ1v) is 6.18. The molecule has 82 valence electrons.